The van der Waals surface area contributed by atoms with Gasteiger partial charge in [0.05, 0.1) is 0 Å². The summed E-state index contributed by atoms with van der Waals surface area (Å²) in [5, 5.41) is 11.3. The summed E-state index contributed by atoms with van der Waals surface area (Å²) < 4.78 is 0. The van der Waals surface area contributed by atoms with Crippen molar-refractivity contribution in [3.05, 3.63) is 23.1 Å². The van der Waals surface area contributed by atoms with Gasteiger partial charge in [0, 0.05) is 4.83 Å². The molecule has 1 rings (SSSR count). The predicted molar refractivity (Wildman–Crippen MR) is 93.9 cm³/mol. The van der Waals surface area contributed by atoms with E-state index >= 15 is 0 Å². The van der Waals surface area contributed by atoms with E-state index in [-0.39, 0.29) is 41.7 Å². The van der Waals surface area contributed by atoms with Crippen LogP contribution >= 0.6 is 24.0 Å². The SMILES string of the molecule is C[N-]C.C[N-]C.C[N-]P(C)CC1CCCC1Br.[CH3-].[Zr+4]. The third-order valence-electron chi connectivity index (χ3n) is 2.41. The van der Waals surface area contributed by atoms with Gasteiger partial charge in [0.25, 0.3) is 0 Å². The molecule has 0 aromatic rings. The summed E-state index contributed by atoms with van der Waals surface area (Å²) >= 11 is 3.73. The summed E-state index contributed by atoms with van der Waals surface area (Å²) in [7, 11) is 8.93. The van der Waals surface area contributed by atoms with E-state index in [4.69, 9.17) is 0 Å². The zero-order valence-corrected chi connectivity index (χ0v) is 18.6. The molecule has 1 aliphatic rings. The molecule has 3 unspecified atom stereocenters. The first kappa shape index (κ1) is 28.8. The van der Waals surface area contributed by atoms with E-state index in [0.29, 0.717) is 0 Å². The Labute approximate surface area is 150 Å². The number of nitrogens with zero attached hydrogens (tertiary/aromatic N) is 3. The van der Waals surface area contributed by atoms with Gasteiger partial charge in [-0.1, -0.05) is 29.0 Å². The number of halogens is 1. The van der Waals surface area contributed by atoms with Gasteiger partial charge < -0.3 is 23.1 Å². The Morgan fingerprint density at radius 1 is 1.05 bits per heavy atom. The van der Waals surface area contributed by atoms with Gasteiger partial charge in [0.2, 0.25) is 0 Å². The summed E-state index contributed by atoms with van der Waals surface area (Å²) in [6.07, 6.45) is 5.53. The summed E-state index contributed by atoms with van der Waals surface area (Å²) in [5.74, 6) is 0.912. The van der Waals surface area contributed by atoms with Crippen LogP contribution in [0.5, 0.6) is 0 Å². The molecule has 0 heterocycles. The average Bonchev–Trinajstić information content (AvgIpc) is 2.66. The Morgan fingerprint density at radius 2 is 1.47 bits per heavy atom. The van der Waals surface area contributed by atoms with Crippen molar-refractivity contribution in [3.8, 4) is 0 Å². The van der Waals surface area contributed by atoms with Crippen molar-refractivity contribution in [2.45, 2.75) is 24.1 Å². The van der Waals surface area contributed by atoms with Gasteiger partial charge in [-0.25, -0.2) is 8.07 Å². The zero-order valence-electron chi connectivity index (χ0n) is 13.6. The molecule has 6 heteroatoms. The van der Waals surface area contributed by atoms with E-state index < -0.39 is 0 Å². The molecule has 0 saturated heterocycles. The van der Waals surface area contributed by atoms with Crippen molar-refractivity contribution in [2.24, 2.45) is 5.92 Å². The fraction of sp³-hybridized carbons (Fsp3) is 0.923. The third kappa shape index (κ3) is 19.7. The Bertz CT molecular complexity index is 154. The van der Waals surface area contributed by atoms with Crippen LogP contribution in [0.1, 0.15) is 19.3 Å². The van der Waals surface area contributed by atoms with E-state index in [1.165, 1.54) is 25.4 Å². The topological polar surface area (TPSA) is 42.3 Å². The summed E-state index contributed by atoms with van der Waals surface area (Å²) in [4.78, 5) is 0.786. The van der Waals surface area contributed by atoms with Gasteiger partial charge in [0.15, 0.2) is 0 Å². The first-order valence-electron chi connectivity index (χ1n) is 5.98. The van der Waals surface area contributed by atoms with E-state index in [1.807, 2.05) is 7.05 Å². The Morgan fingerprint density at radius 3 is 1.74 bits per heavy atom. The molecule has 114 valence electrons. The molecule has 1 saturated carbocycles. The average molecular weight is 432 g/mol. The van der Waals surface area contributed by atoms with Gasteiger partial charge >= 0.3 is 26.2 Å². The maximum absolute atomic E-state index is 4.33. The largest absolute Gasteiger partial charge is 4.00 e. The van der Waals surface area contributed by atoms with Gasteiger partial charge in [-0.15, -0.1) is 0 Å². The van der Waals surface area contributed by atoms with Gasteiger partial charge in [-0.05, 0) is 24.9 Å². The molecule has 0 aromatic heterocycles. The van der Waals surface area contributed by atoms with Gasteiger partial charge in [0.1, 0.15) is 0 Å². The molecular formula is C13H31BrN3PZr. The molecule has 19 heavy (non-hydrogen) atoms. The monoisotopic (exact) mass is 429 g/mol. The molecule has 0 aliphatic heterocycles. The second kappa shape index (κ2) is 22.0. The molecule has 3 nitrogen and oxygen atoms in total. The van der Waals surface area contributed by atoms with Crippen LogP contribution in [0.15, 0.2) is 0 Å². The van der Waals surface area contributed by atoms with Crippen molar-refractivity contribution < 1.29 is 26.2 Å². The second-order valence-corrected chi connectivity index (χ2v) is 7.40. The minimum Gasteiger partial charge on any atom is -0.668 e. The molecule has 0 aromatic carbocycles. The van der Waals surface area contributed by atoms with E-state index in [2.05, 4.69) is 38.3 Å². The van der Waals surface area contributed by atoms with Crippen molar-refractivity contribution in [1.82, 2.24) is 0 Å². The smallest absolute Gasteiger partial charge is 0.668 e. The van der Waals surface area contributed by atoms with Crippen LogP contribution in [0.3, 0.4) is 0 Å². The molecule has 0 N–H and O–H groups in total. The molecular weight excluding hydrogens is 400 g/mol. The van der Waals surface area contributed by atoms with Crippen molar-refractivity contribution in [2.75, 3.05) is 48.1 Å². The summed E-state index contributed by atoms with van der Waals surface area (Å²) in [6, 6.07) is 0. The molecule has 1 fully saturated rings. The quantitative estimate of drug-likeness (QED) is 0.332. The van der Waals surface area contributed by atoms with Crippen LogP contribution in [-0.2, 0) is 26.2 Å². The van der Waals surface area contributed by atoms with Crippen LogP contribution in [0.4, 0.5) is 0 Å². The fourth-order valence-corrected chi connectivity index (χ4v) is 3.96. The van der Waals surface area contributed by atoms with Crippen LogP contribution in [0.2, 0.25) is 0 Å². The summed E-state index contributed by atoms with van der Waals surface area (Å²) in [5.41, 5.74) is 0. The summed E-state index contributed by atoms with van der Waals surface area (Å²) in [6.45, 7) is 2.27. The van der Waals surface area contributed by atoms with Crippen molar-refractivity contribution in [3.63, 3.8) is 0 Å². The Hall–Kier alpha value is 1.67. The molecule has 3 atom stereocenters. The minimum absolute atomic E-state index is 0. The molecule has 1 aliphatic carbocycles. The minimum atomic E-state index is -0.0210. The second-order valence-electron chi connectivity index (χ2n) is 4.14. The number of alkyl halides is 1. The maximum Gasteiger partial charge on any atom is 4.00 e. The van der Waals surface area contributed by atoms with Crippen LogP contribution in [0.25, 0.3) is 15.7 Å². The molecule has 0 spiro atoms. The Kier molecular flexibility index (Phi) is 33.3. The van der Waals surface area contributed by atoms with Gasteiger partial charge in [-0.3, -0.25) is 0 Å². The molecule has 0 radical (unpaired) electrons. The normalized spacial score (nSPS) is 21.6. The zero-order chi connectivity index (χ0) is 13.7. The third-order valence-corrected chi connectivity index (χ3v) is 5.29. The van der Waals surface area contributed by atoms with Crippen molar-refractivity contribution >= 4 is 24.0 Å². The fourth-order valence-electron chi connectivity index (χ4n) is 1.62. The number of hydrogen-bond donors (Lipinski definition) is 0. The number of rotatable bonds is 3. The molecule has 0 bridgehead atoms. The van der Waals surface area contributed by atoms with E-state index in [1.54, 1.807) is 28.2 Å². The molecule has 0 amide bonds. The standard InChI is InChI=1S/C8H16BrNP.2C2H6N.CH3.Zr/c1-10-11(2)6-7-4-3-5-8(7)9;2*1-3-2;;/h7-8H,3-6H2,1-2H3;2*1-2H3;1H3;/q4*-1;+4. The Balaban J connectivity index is -0.000000122. The van der Waals surface area contributed by atoms with Gasteiger partial charge in [-0.2, -0.15) is 35.2 Å². The van der Waals surface area contributed by atoms with Crippen LogP contribution < -0.4 is 0 Å². The first-order chi connectivity index (χ1) is 8.06. The number of hydrogen-bond acceptors (Lipinski definition) is 0. The first-order valence-corrected chi connectivity index (χ1v) is 8.82. The maximum atomic E-state index is 4.33. The van der Waals surface area contributed by atoms with E-state index in [0.717, 1.165) is 10.7 Å². The van der Waals surface area contributed by atoms with E-state index in [9.17, 15) is 0 Å². The van der Waals surface area contributed by atoms with Crippen LogP contribution in [-0.4, -0.2) is 52.9 Å². The predicted octanol–water partition coefficient (Wildman–Crippen LogP) is 5.27. The van der Waals surface area contributed by atoms with Crippen LogP contribution in [0, 0.1) is 13.3 Å². The van der Waals surface area contributed by atoms with Crippen molar-refractivity contribution in [1.29, 1.82) is 0 Å².